The van der Waals surface area contributed by atoms with E-state index < -0.39 is 0 Å². The number of benzene rings is 2. The van der Waals surface area contributed by atoms with E-state index in [1.165, 1.54) is 26.9 Å². The second-order valence-electron chi connectivity index (χ2n) is 6.12. The Morgan fingerprint density at radius 3 is 2.81 bits per heavy atom. The lowest BCUT2D eigenvalue weighted by Gasteiger charge is -2.41. The monoisotopic (exact) mass is 342 g/mol. The van der Waals surface area contributed by atoms with E-state index in [4.69, 9.17) is 0 Å². The van der Waals surface area contributed by atoms with Gasteiger partial charge in [-0.3, -0.25) is 0 Å². The number of hydrogen-bond acceptors (Lipinski definition) is 2. The molecule has 3 heteroatoms. The van der Waals surface area contributed by atoms with Crippen LogP contribution in [0.25, 0.3) is 0 Å². The van der Waals surface area contributed by atoms with Gasteiger partial charge >= 0.3 is 0 Å². The third kappa shape index (κ3) is 2.29. The van der Waals surface area contributed by atoms with E-state index in [-0.39, 0.29) is 0 Å². The van der Waals surface area contributed by atoms with Crippen LogP contribution in [0.4, 0.5) is 5.69 Å². The number of rotatable bonds is 0. The molecule has 2 heterocycles. The summed E-state index contributed by atoms with van der Waals surface area (Å²) in [6.07, 6.45) is 1.03. The summed E-state index contributed by atoms with van der Waals surface area (Å²) < 4.78 is 1.17. The van der Waals surface area contributed by atoms with Gasteiger partial charge in [0.2, 0.25) is 0 Å². The van der Waals surface area contributed by atoms with Crippen LogP contribution in [0, 0.1) is 0 Å². The number of fused-ring (bicyclic) bond motifs is 5. The number of likely N-dealkylation sites (N-methyl/N-ethyl adjacent to an activating group) is 1. The summed E-state index contributed by atoms with van der Waals surface area (Å²) in [5.74, 6) is 0. The van der Waals surface area contributed by atoms with Gasteiger partial charge in [0.15, 0.2) is 0 Å². The number of nitrogens with zero attached hydrogens (tertiary/aromatic N) is 2. The van der Waals surface area contributed by atoms with E-state index in [2.05, 4.69) is 75.2 Å². The average Bonchev–Trinajstić information content (AvgIpc) is 2.61. The number of piperazine rings is 1. The zero-order valence-corrected chi connectivity index (χ0v) is 13.8. The van der Waals surface area contributed by atoms with Crippen LogP contribution < -0.4 is 4.90 Å². The molecule has 0 aliphatic carbocycles. The molecule has 21 heavy (non-hydrogen) atoms. The zero-order chi connectivity index (χ0) is 14.4. The highest BCUT2D eigenvalue weighted by Gasteiger charge is 2.31. The summed E-state index contributed by atoms with van der Waals surface area (Å²) in [6.45, 7) is 3.34. The summed E-state index contributed by atoms with van der Waals surface area (Å²) in [4.78, 5) is 5.05. The van der Waals surface area contributed by atoms with E-state index in [1.807, 2.05) is 0 Å². The Morgan fingerprint density at radius 1 is 1.05 bits per heavy atom. The SMILES string of the molecule is CN1CCN2c3ccc(Br)cc3Cc3ccccc3C2C1. The van der Waals surface area contributed by atoms with Crippen LogP contribution in [0.2, 0.25) is 0 Å². The fourth-order valence-electron chi connectivity index (χ4n) is 3.68. The van der Waals surface area contributed by atoms with Gasteiger partial charge in [0.25, 0.3) is 0 Å². The number of anilines is 1. The van der Waals surface area contributed by atoms with Crippen molar-refractivity contribution in [2.75, 3.05) is 31.6 Å². The number of hydrogen-bond donors (Lipinski definition) is 0. The predicted octanol–water partition coefficient (Wildman–Crippen LogP) is 3.85. The molecule has 0 bridgehead atoms. The molecule has 0 amide bonds. The molecule has 1 saturated heterocycles. The van der Waals surface area contributed by atoms with Crippen molar-refractivity contribution in [3.63, 3.8) is 0 Å². The zero-order valence-electron chi connectivity index (χ0n) is 12.2. The van der Waals surface area contributed by atoms with Gasteiger partial charge in [-0.15, -0.1) is 0 Å². The minimum atomic E-state index is 0.474. The van der Waals surface area contributed by atoms with E-state index in [0.717, 1.165) is 26.1 Å². The molecule has 1 unspecified atom stereocenters. The van der Waals surface area contributed by atoms with Gasteiger partial charge in [0.1, 0.15) is 0 Å². The fraction of sp³-hybridized carbons (Fsp3) is 0.333. The van der Waals surface area contributed by atoms with E-state index in [0.29, 0.717) is 6.04 Å². The van der Waals surface area contributed by atoms with Crippen molar-refractivity contribution in [1.29, 1.82) is 0 Å². The molecule has 4 rings (SSSR count). The lowest BCUT2D eigenvalue weighted by Crippen LogP contribution is -2.46. The summed E-state index contributed by atoms with van der Waals surface area (Å²) in [7, 11) is 2.23. The molecule has 1 fully saturated rings. The predicted molar refractivity (Wildman–Crippen MR) is 91.0 cm³/mol. The highest BCUT2D eigenvalue weighted by Crippen LogP contribution is 2.39. The second-order valence-corrected chi connectivity index (χ2v) is 7.04. The van der Waals surface area contributed by atoms with Crippen molar-refractivity contribution in [3.8, 4) is 0 Å². The van der Waals surface area contributed by atoms with Gasteiger partial charge in [0.05, 0.1) is 6.04 Å². The van der Waals surface area contributed by atoms with Crippen LogP contribution >= 0.6 is 15.9 Å². The molecule has 108 valence electrons. The Hall–Kier alpha value is -1.32. The lowest BCUT2D eigenvalue weighted by molar-refractivity contribution is 0.269. The third-order valence-electron chi connectivity index (χ3n) is 4.73. The van der Waals surface area contributed by atoms with Crippen LogP contribution in [0.5, 0.6) is 0 Å². The van der Waals surface area contributed by atoms with Crippen molar-refractivity contribution >= 4 is 21.6 Å². The second kappa shape index (κ2) is 5.15. The molecule has 0 saturated carbocycles. The Bertz CT molecular complexity index is 683. The van der Waals surface area contributed by atoms with Crippen molar-refractivity contribution in [2.45, 2.75) is 12.5 Å². The molecule has 2 aromatic rings. The smallest absolute Gasteiger partial charge is 0.0672 e. The van der Waals surface area contributed by atoms with Crippen LogP contribution in [-0.2, 0) is 6.42 Å². The fourth-order valence-corrected chi connectivity index (χ4v) is 4.08. The van der Waals surface area contributed by atoms with Gasteiger partial charge in [0, 0.05) is 29.8 Å². The molecular formula is C18H19BrN2. The molecule has 1 atom stereocenters. The molecular weight excluding hydrogens is 324 g/mol. The first-order valence-electron chi connectivity index (χ1n) is 7.54. The molecule has 0 aromatic heterocycles. The Labute approximate surface area is 134 Å². The summed E-state index contributed by atoms with van der Waals surface area (Å²) in [5.41, 5.74) is 5.81. The molecule has 0 N–H and O–H groups in total. The van der Waals surface area contributed by atoms with Crippen LogP contribution in [0.3, 0.4) is 0 Å². The molecule has 2 aliphatic heterocycles. The molecule has 0 radical (unpaired) electrons. The maximum absolute atomic E-state index is 3.63. The first-order valence-corrected chi connectivity index (χ1v) is 8.33. The molecule has 0 spiro atoms. The van der Waals surface area contributed by atoms with Crippen molar-refractivity contribution in [2.24, 2.45) is 0 Å². The van der Waals surface area contributed by atoms with Crippen molar-refractivity contribution in [3.05, 3.63) is 63.6 Å². The van der Waals surface area contributed by atoms with Crippen LogP contribution in [0.1, 0.15) is 22.7 Å². The normalized spacial score (nSPS) is 21.2. The molecule has 2 nitrogen and oxygen atoms in total. The van der Waals surface area contributed by atoms with Gasteiger partial charge in [-0.05, 0) is 48.4 Å². The van der Waals surface area contributed by atoms with Gasteiger partial charge < -0.3 is 9.80 Å². The highest BCUT2D eigenvalue weighted by atomic mass is 79.9. The van der Waals surface area contributed by atoms with E-state index in [9.17, 15) is 0 Å². The number of halogens is 1. The third-order valence-corrected chi connectivity index (χ3v) is 5.22. The van der Waals surface area contributed by atoms with Crippen LogP contribution in [0.15, 0.2) is 46.9 Å². The highest BCUT2D eigenvalue weighted by molar-refractivity contribution is 9.10. The minimum Gasteiger partial charge on any atom is -0.362 e. The van der Waals surface area contributed by atoms with Gasteiger partial charge in [-0.1, -0.05) is 40.2 Å². The Balaban J connectivity index is 1.90. The quantitative estimate of drug-likeness (QED) is 0.717. The maximum atomic E-state index is 3.63. The van der Waals surface area contributed by atoms with Crippen molar-refractivity contribution < 1.29 is 0 Å². The summed E-state index contributed by atoms with van der Waals surface area (Å²) >= 11 is 3.63. The minimum absolute atomic E-state index is 0.474. The van der Waals surface area contributed by atoms with E-state index in [1.54, 1.807) is 0 Å². The standard InChI is InChI=1S/C18H19BrN2/c1-20-8-9-21-17-7-6-15(19)11-14(17)10-13-4-2-3-5-16(13)18(21)12-20/h2-7,11,18H,8-10,12H2,1H3. The van der Waals surface area contributed by atoms with Gasteiger partial charge in [-0.25, -0.2) is 0 Å². The summed E-state index contributed by atoms with van der Waals surface area (Å²) in [5, 5.41) is 0. The van der Waals surface area contributed by atoms with Crippen molar-refractivity contribution in [1.82, 2.24) is 4.90 Å². The van der Waals surface area contributed by atoms with Crippen LogP contribution in [-0.4, -0.2) is 31.6 Å². The van der Waals surface area contributed by atoms with E-state index >= 15 is 0 Å². The molecule has 2 aromatic carbocycles. The first kappa shape index (κ1) is 13.4. The Kier molecular flexibility index (Phi) is 3.27. The maximum Gasteiger partial charge on any atom is 0.0672 e. The average molecular weight is 343 g/mol. The summed E-state index contributed by atoms with van der Waals surface area (Å²) in [6, 6.07) is 16.2. The largest absolute Gasteiger partial charge is 0.362 e. The topological polar surface area (TPSA) is 6.48 Å². The van der Waals surface area contributed by atoms with Gasteiger partial charge in [-0.2, -0.15) is 0 Å². The Morgan fingerprint density at radius 2 is 1.90 bits per heavy atom. The molecule has 2 aliphatic rings. The first-order chi connectivity index (χ1) is 10.2. The lowest BCUT2D eigenvalue weighted by atomic mass is 9.96.